The molecule has 4 N–H and O–H groups in total. The molecule has 0 saturated heterocycles. The van der Waals surface area contributed by atoms with Crippen molar-refractivity contribution >= 4 is 10.9 Å². The monoisotopic (exact) mass is 296 g/mol. The lowest BCUT2D eigenvalue weighted by atomic mass is 10.1. The minimum absolute atomic E-state index is 0.461. The molecule has 0 aliphatic rings. The number of ether oxygens (including phenoxy) is 1. The minimum Gasteiger partial charge on any atom is -0.489 e. The van der Waals surface area contributed by atoms with Gasteiger partial charge in [0.1, 0.15) is 12.4 Å². The van der Waals surface area contributed by atoms with Gasteiger partial charge in [0.2, 0.25) is 0 Å². The standard InChI is InChI=1S/C18H20N2O2/c19-8-6-18(21)15-2-1-3-16(11-15)22-12-13-4-5-14-7-9-20-17(14)10-13/h1-5,7,9-11,18,20-21H,6,8,12,19H2. The van der Waals surface area contributed by atoms with Gasteiger partial charge in [-0.1, -0.05) is 24.3 Å². The van der Waals surface area contributed by atoms with Gasteiger partial charge in [-0.25, -0.2) is 0 Å². The second-order valence-electron chi connectivity index (χ2n) is 5.35. The average Bonchev–Trinajstić information content (AvgIpc) is 3.01. The first kappa shape index (κ1) is 14.6. The maximum absolute atomic E-state index is 9.99. The highest BCUT2D eigenvalue weighted by Gasteiger charge is 2.07. The van der Waals surface area contributed by atoms with E-state index in [9.17, 15) is 5.11 Å². The van der Waals surface area contributed by atoms with Crippen molar-refractivity contribution in [2.75, 3.05) is 6.54 Å². The molecule has 0 aliphatic heterocycles. The van der Waals surface area contributed by atoms with Crippen LogP contribution in [-0.2, 0) is 6.61 Å². The Balaban J connectivity index is 1.69. The van der Waals surface area contributed by atoms with Crippen LogP contribution in [0, 0.1) is 0 Å². The van der Waals surface area contributed by atoms with Gasteiger partial charge in [-0.05, 0) is 53.7 Å². The molecule has 0 aliphatic carbocycles. The van der Waals surface area contributed by atoms with Crippen LogP contribution < -0.4 is 10.5 Å². The van der Waals surface area contributed by atoms with Crippen LogP contribution in [0.4, 0.5) is 0 Å². The first-order valence-corrected chi connectivity index (χ1v) is 7.43. The van der Waals surface area contributed by atoms with Crippen molar-refractivity contribution in [1.82, 2.24) is 4.98 Å². The van der Waals surface area contributed by atoms with Crippen LogP contribution in [0.2, 0.25) is 0 Å². The van der Waals surface area contributed by atoms with E-state index >= 15 is 0 Å². The number of benzene rings is 2. The fraction of sp³-hybridized carbons (Fsp3) is 0.222. The highest BCUT2D eigenvalue weighted by Crippen LogP contribution is 2.22. The molecule has 22 heavy (non-hydrogen) atoms. The molecule has 4 heteroatoms. The van der Waals surface area contributed by atoms with Gasteiger partial charge in [-0.15, -0.1) is 0 Å². The fourth-order valence-corrected chi connectivity index (χ4v) is 2.49. The predicted octanol–water partition coefficient (Wildman–Crippen LogP) is 3.13. The Hall–Kier alpha value is -2.30. The summed E-state index contributed by atoms with van der Waals surface area (Å²) in [6.07, 6.45) is 1.94. The second kappa shape index (κ2) is 6.64. The maximum Gasteiger partial charge on any atom is 0.120 e. The number of fused-ring (bicyclic) bond motifs is 1. The van der Waals surface area contributed by atoms with Crippen LogP contribution in [0.1, 0.15) is 23.7 Å². The zero-order chi connectivity index (χ0) is 15.4. The second-order valence-corrected chi connectivity index (χ2v) is 5.35. The van der Waals surface area contributed by atoms with E-state index in [1.807, 2.05) is 36.5 Å². The molecule has 2 aromatic carbocycles. The van der Waals surface area contributed by atoms with Crippen LogP contribution in [0.5, 0.6) is 5.75 Å². The zero-order valence-electron chi connectivity index (χ0n) is 12.3. The molecule has 0 amide bonds. The van der Waals surface area contributed by atoms with Gasteiger partial charge in [-0.2, -0.15) is 0 Å². The number of nitrogens with two attached hydrogens (primary N) is 1. The summed E-state index contributed by atoms with van der Waals surface area (Å²) in [5, 5.41) is 11.2. The summed E-state index contributed by atoms with van der Waals surface area (Å²) in [4.78, 5) is 3.20. The van der Waals surface area contributed by atoms with Crippen molar-refractivity contribution in [2.24, 2.45) is 5.73 Å². The molecule has 1 heterocycles. The molecule has 3 rings (SSSR count). The van der Waals surface area contributed by atoms with Crippen molar-refractivity contribution in [3.05, 3.63) is 65.9 Å². The van der Waals surface area contributed by atoms with Gasteiger partial charge in [0.15, 0.2) is 0 Å². The molecule has 0 bridgehead atoms. The normalized spacial score (nSPS) is 12.5. The van der Waals surface area contributed by atoms with Gasteiger partial charge in [0.25, 0.3) is 0 Å². The molecule has 114 valence electrons. The molecule has 1 atom stereocenters. The topological polar surface area (TPSA) is 71.3 Å². The Kier molecular flexibility index (Phi) is 4.42. The van der Waals surface area contributed by atoms with Crippen molar-refractivity contribution in [2.45, 2.75) is 19.1 Å². The van der Waals surface area contributed by atoms with Crippen LogP contribution in [0.25, 0.3) is 10.9 Å². The average molecular weight is 296 g/mol. The van der Waals surface area contributed by atoms with Crippen LogP contribution in [0.3, 0.4) is 0 Å². The van der Waals surface area contributed by atoms with Gasteiger partial charge < -0.3 is 20.6 Å². The lowest BCUT2D eigenvalue weighted by Crippen LogP contribution is -2.06. The van der Waals surface area contributed by atoms with E-state index < -0.39 is 6.10 Å². The number of aromatic nitrogens is 1. The quantitative estimate of drug-likeness (QED) is 0.654. The molecule has 0 radical (unpaired) electrons. The number of aliphatic hydroxyl groups excluding tert-OH is 1. The van der Waals surface area contributed by atoms with Crippen molar-refractivity contribution in [3.63, 3.8) is 0 Å². The van der Waals surface area contributed by atoms with Crippen molar-refractivity contribution < 1.29 is 9.84 Å². The largest absolute Gasteiger partial charge is 0.489 e. The molecule has 0 spiro atoms. The molecular weight excluding hydrogens is 276 g/mol. The van der Waals surface area contributed by atoms with Crippen LogP contribution in [-0.4, -0.2) is 16.6 Å². The summed E-state index contributed by atoms with van der Waals surface area (Å²) in [6, 6.07) is 15.8. The molecule has 4 nitrogen and oxygen atoms in total. The van der Waals surface area contributed by atoms with Crippen LogP contribution in [0.15, 0.2) is 54.7 Å². The maximum atomic E-state index is 9.99. The van der Waals surface area contributed by atoms with Gasteiger partial charge in [0.05, 0.1) is 6.10 Å². The summed E-state index contributed by atoms with van der Waals surface area (Å²) in [5.41, 5.74) is 8.52. The number of nitrogens with one attached hydrogen (secondary N) is 1. The Morgan fingerprint density at radius 2 is 2.05 bits per heavy atom. The van der Waals surface area contributed by atoms with Crippen LogP contribution >= 0.6 is 0 Å². The lowest BCUT2D eigenvalue weighted by Gasteiger charge is -2.12. The van der Waals surface area contributed by atoms with E-state index in [1.54, 1.807) is 0 Å². The van der Waals surface area contributed by atoms with Gasteiger partial charge >= 0.3 is 0 Å². The number of rotatable bonds is 6. The first-order valence-electron chi connectivity index (χ1n) is 7.43. The minimum atomic E-state index is -0.538. The van der Waals surface area contributed by atoms with E-state index in [0.717, 1.165) is 22.4 Å². The van der Waals surface area contributed by atoms with E-state index in [1.165, 1.54) is 5.39 Å². The Bertz CT molecular complexity index is 751. The third kappa shape index (κ3) is 3.30. The van der Waals surface area contributed by atoms with E-state index in [4.69, 9.17) is 10.5 Å². The molecule has 0 saturated carbocycles. The fourth-order valence-electron chi connectivity index (χ4n) is 2.49. The molecular formula is C18H20N2O2. The highest BCUT2D eigenvalue weighted by molar-refractivity contribution is 5.79. The predicted molar refractivity (Wildman–Crippen MR) is 87.7 cm³/mol. The van der Waals surface area contributed by atoms with Crippen molar-refractivity contribution in [3.8, 4) is 5.75 Å². The summed E-state index contributed by atoms with van der Waals surface area (Å²) in [7, 11) is 0. The number of aliphatic hydroxyl groups is 1. The highest BCUT2D eigenvalue weighted by atomic mass is 16.5. The third-order valence-electron chi connectivity index (χ3n) is 3.71. The van der Waals surface area contributed by atoms with Gasteiger partial charge in [0, 0.05) is 11.7 Å². The third-order valence-corrected chi connectivity index (χ3v) is 3.71. The SMILES string of the molecule is NCCC(O)c1cccc(OCc2ccc3cc[nH]c3c2)c1. The number of H-pyrrole nitrogens is 1. The molecule has 1 unspecified atom stereocenters. The zero-order valence-corrected chi connectivity index (χ0v) is 12.3. The molecule has 3 aromatic rings. The summed E-state index contributed by atoms with van der Waals surface area (Å²) in [5.74, 6) is 0.750. The molecule has 1 aromatic heterocycles. The van der Waals surface area contributed by atoms with E-state index in [2.05, 4.69) is 23.2 Å². The summed E-state index contributed by atoms with van der Waals surface area (Å²) in [6.45, 7) is 0.952. The van der Waals surface area contributed by atoms with Gasteiger partial charge in [-0.3, -0.25) is 0 Å². The Morgan fingerprint density at radius 3 is 2.91 bits per heavy atom. The Labute approximate surface area is 129 Å². The number of hydrogen-bond donors (Lipinski definition) is 3. The first-order chi connectivity index (χ1) is 10.8. The van der Waals surface area contributed by atoms with E-state index in [0.29, 0.717) is 19.6 Å². The van der Waals surface area contributed by atoms with E-state index in [-0.39, 0.29) is 0 Å². The smallest absolute Gasteiger partial charge is 0.120 e. The summed E-state index contributed by atoms with van der Waals surface area (Å²) >= 11 is 0. The van der Waals surface area contributed by atoms with Crippen molar-refractivity contribution in [1.29, 1.82) is 0 Å². The Morgan fingerprint density at radius 1 is 1.14 bits per heavy atom. The molecule has 0 fully saturated rings. The number of hydrogen-bond acceptors (Lipinski definition) is 3. The lowest BCUT2D eigenvalue weighted by molar-refractivity contribution is 0.169. The summed E-state index contributed by atoms with van der Waals surface area (Å²) < 4.78 is 5.83. The number of aromatic amines is 1.